The highest BCUT2D eigenvalue weighted by Gasteiger charge is 2.27. The normalized spacial score (nSPS) is 15.2. The average molecular weight is 491 g/mol. The maximum absolute atomic E-state index is 13.2. The van der Waals surface area contributed by atoms with Gasteiger partial charge in [0.15, 0.2) is 5.96 Å². The standard InChI is InChI=1S/C20H30FN3O2.HI/c1-3-22-20(23-12-6-8-16-7-5-9-18(21)15-16)24-13-10-17(11-14-24)19(25)26-4-2;/h5,7,9,15,17H,3-4,6,8,10-14H2,1-2H3,(H,22,23);1H. The van der Waals surface area contributed by atoms with Gasteiger partial charge in [-0.25, -0.2) is 4.39 Å². The number of likely N-dealkylation sites (tertiary alicyclic amines) is 1. The lowest BCUT2D eigenvalue weighted by Gasteiger charge is -2.33. The van der Waals surface area contributed by atoms with Crippen molar-refractivity contribution >= 4 is 35.9 Å². The van der Waals surface area contributed by atoms with Gasteiger partial charge in [-0.05, 0) is 57.2 Å². The Hall–Kier alpha value is -1.38. The molecule has 0 aliphatic carbocycles. The molecule has 0 bridgehead atoms. The van der Waals surface area contributed by atoms with Crippen LogP contribution in [0.2, 0.25) is 0 Å². The second-order valence-corrected chi connectivity index (χ2v) is 6.48. The number of hydrogen-bond acceptors (Lipinski definition) is 3. The summed E-state index contributed by atoms with van der Waals surface area (Å²) in [4.78, 5) is 18.8. The van der Waals surface area contributed by atoms with Crippen molar-refractivity contribution in [3.63, 3.8) is 0 Å². The number of esters is 1. The summed E-state index contributed by atoms with van der Waals surface area (Å²) in [6.45, 7) is 7.44. The van der Waals surface area contributed by atoms with Gasteiger partial charge in [-0.2, -0.15) is 0 Å². The third-order valence-electron chi connectivity index (χ3n) is 4.52. The van der Waals surface area contributed by atoms with Crippen LogP contribution in [0.4, 0.5) is 4.39 Å². The summed E-state index contributed by atoms with van der Waals surface area (Å²) in [7, 11) is 0. The monoisotopic (exact) mass is 491 g/mol. The molecule has 1 aliphatic heterocycles. The van der Waals surface area contributed by atoms with Gasteiger partial charge in [0, 0.05) is 26.2 Å². The number of aliphatic imine (C=N–C) groups is 1. The summed E-state index contributed by atoms with van der Waals surface area (Å²) in [6.07, 6.45) is 3.28. The minimum Gasteiger partial charge on any atom is -0.466 e. The number of hydrogen-bond donors (Lipinski definition) is 1. The first-order valence-corrected chi connectivity index (χ1v) is 9.58. The summed E-state index contributed by atoms with van der Waals surface area (Å²) in [5.41, 5.74) is 1.00. The van der Waals surface area contributed by atoms with Crippen molar-refractivity contribution in [2.24, 2.45) is 10.9 Å². The highest BCUT2D eigenvalue weighted by Crippen LogP contribution is 2.18. The fraction of sp³-hybridized carbons (Fsp3) is 0.600. The van der Waals surface area contributed by atoms with E-state index < -0.39 is 0 Å². The molecule has 0 aromatic heterocycles. The Morgan fingerprint density at radius 1 is 1.33 bits per heavy atom. The Bertz CT molecular complexity index is 605. The number of carbonyl (C=O) groups is 1. The molecule has 2 rings (SSSR count). The lowest BCUT2D eigenvalue weighted by Crippen LogP contribution is -2.46. The molecule has 1 saturated heterocycles. The van der Waals surface area contributed by atoms with Gasteiger partial charge in [-0.1, -0.05) is 12.1 Å². The van der Waals surface area contributed by atoms with Crippen molar-refractivity contribution in [2.75, 3.05) is 32.8 Å². The van der Waals surface area contributed by atoms with Gasteiger partial charge < -0.3 is 15.0 Å². The molecule has 152 valence electrons. The van der Waals surface area contributed by atoms with Crippen molar-refractivity contribution in [2.45, 2.75) is 39.5 Å². The molecule has 0 unspecified atom stereocenters. The molecule has 0 radical (unpaired) electrons. The van der Waals surface area contributed by atoms with E-state index in [2.05, 4.69) is 10.2 Å². The summed E-state index contributed by atoms with van der Waals surface area (Å²) >= 11 is 0. The van der Waals surface area contributed by atoms with E-state index in [4.69, 9.17) is 9.73 Å². The molecular formula is C20H31FIN3O2. The minimum absolute atomic E-state index is 0. The predicted octanol–water partition coefficient (Wildman–Crippen LogP) is 3.62. The third kappa shape index (κ3) is 8.02. The maximum Gasteiger partial charge on any atom is 0.309 e. The van der Waals surface area contributed by atoms with E-state index in [-0.39, 0.29) is 41.7 Å². The van der Waals surface area contributed by atoms with Crippen LogP contribution >= 0.6 is 24.0 Å². The van der Waals surface area contributed by atoms with E-state index in [0.29, 0.717) is 13.2 Å². The predicted molar refractivity (Wildman–Crippen MR) is 117 cm³/mol. The topological polar surface area (TPSA) is 53.9 Å². The van der Waals surface area contributed by atoms with Gasteiger partial charge in [0.1, 0.15) is 5.82 Å². The summed E-state index contributed by atoms with van der Waals surface area (Å²) in [6, 6.07) is 6.73. The largest absolute Gasteiger partial charge is 0.466 e. The molecule has 1 aromatic rings. The molecule has 0 amide bonds. The zero-order valence-electron chi connectivity index (χ0n) is 16.2. The van der Waals surface area contributed by atoms with Gasteiger partial charge in [0.05, 0.1) is 12.5 Å². The lowest BCUT2D eigenvalue weighted by molar-refractivity contribution is -0.149. The molecule has 5 nitrogen and oxygen atoms in total. The Labute approximate surface area is 178 Å². The molecule has 0 saturated carbocycles. The van der Waals surface area contributed by atoms with E-state index >= 15 is 0 Å². The van der Waals surface area contributed by atoms with Crippen LogP contribution in [0.3, 0.4) is 0 Å². The fourth-order valence-electron chi connectivity index (χ4n) is 3.17. The summed E-state index contributed by atoms with van der Waals surface area (Å²) < 4.78 is 18.3. The molecule has 27 heavy (non-hydrogen) atoms. The zero-order chi connectivity index (χ0) is 18.8. The Balaban J connectivity index is 0.00000364. The molecule has 1 fully saturated rings. The number of benzene rings is 1. The van der Waals surface area contributed by atoms with Gasteiger partial charge in [0.2, 0.25) is 0 Å². The van der Waals surface area contributed by atoms with Crippen LogP contribution in [0, 0.1) is 11.7 Å². The number of piperidine rings is 1. The van der Waals surface area contributed by atoms with Crippen molar-refractivity contribution < 1.29 is 13.9 Å². The number of rotatable bonds is 7. The highest BCUT2D eigenvalue weighted by atomic mass is 127. The number of ether oxygens (including phenoxy) is 1. The van der Waals surface area contributed by atoms with Crippen LogP contribution in [-0.4, -0.2) is 49.6 Å². The molecule has 1 aromatic carbocycles. The molecule has 1 heterocycles. The molecule has 0 atom stereocenters. The van der Waals surface area contributed by atoms with E-state index in [1.807, 2.05) is 19.9 Å². The smallest absolute Gasteiger partial charge is 0.309 e. The van der Waals surface area contributed by atoms with Crippen LogP contribution in [0.5, 0.6) is 0 Å². The van der Waals surface area contributed by atoms with Gasteiger partial charge in [-0.3, -0.25) is 9.79 Å². The minimum atomic E-state index is -0.191. The number of nitrogens with one attached hydrogen (secondary N) is 1. The first-order chi connectivity index (χ1) is 12.6. The molecule has 7 heteroatoms. The van der Waals surface area contributed by atoms with Crippen molar-refractivity contribution in [1.82, 2.24) is 10.2 Å². The van der Waals surface area contributed by atoms with Crippen LogP contribution in [0.1, 0.15) is 38.7 Å². The summed E-state index contributed by atoms with van der Waals surface area (Å²) in [5, 5.41) is 3.33. The fourth-order valence-corrected chi connectivity index (χ4v) is 3.17. The summed E-state index contributed by atoms with van der Waals surface area (Å²) in [5.74, 6) is 0.629. The quantitative estimate of drug-likeness (QED) is 0.208. The first kappa shape index (κ1) is 23.7. The van der Waals surface area contributed by atoms with Crippen molar-refractivity contribution in [3.05, 3.63) is 35.6 Å². The SMILES string of the molecule is CCNC(=NCCCc1cccc(F)c1)N1CCC(C(=O)OCC)CC1.I. The lowest BCUT2D eigenvalue weighted by atomic mass is 9.97. The number of halogens is 2. The number of guanidine groups is 1. The van der Waals surface area contributed by atoms with E-state index in [1.54, 1.807) is 12.1 Å². The third-order valence-corrected chi connectivity index (χ3v) is 4.52. The van der Waals surface area contributed by atoms with Crippen LogP contribution < -0.4 is 5.32 Å². The van der Waals surface area contributed by atoms with Crippen molar-refractivity contribution in [3.8, 4) is 0 Å². The molecule has 1 N–H and O–H groups in total. The highest BCUT2D eigenvalue weighted by molar-refractivity contribution is 14.0. The van der Waals surface area contributed by atoms with Gasteiger partial charge in [-0.15, -0.1) is 24.0 Å². The second-order valence-electron chi connectivity index (χ2n) is 6.48. The number of carbonyl (C=O) groups excluding carboxylic acids is 1. The van der Waals surface area contributed by atoms with E-state index in [9.17, 15) is 9.18 Å². The Kier molecular flexibility index (Phi) is 11.3. The van der Waals surface area contributed by atoms with Crippen LogP contribution in [0.25, 0.3) is 0 Å². The van der Waals surface area contributed by atoms with Crippen LogP contribution in [0.15, 0.2) is 29.3 Å². The Morgan fingerprint density at radius 3 is 2.70 bits per heavy atom. The van der Waals surface area contributed by atoms with Crippen molar-refractivity contribution in [1.29, 1.82) is 0 Å². The van der Waals surface area contributed by atoms with Crippen LogP contribution in [-0.2, 0) is 16.0 Å². The number of aryl methyl sites for hydroxylation is 1. The van der Waals surface area contributed by atoms with Gasteiger partial charge >= 0.3 is 5.97 Å². The Morgan fingerprint density at radius 2 is 2.07 bits per heavy atom. The first-order valence-electron chi connectivity index (χ1n) is 9.58. The molecule has 0 spiro atoms. The maximum atomic E-state index is 13.2. The molecule has 1 aliphatic rings. The van der Waals surface area contributed by atoms with E-state index in [1.165, 1.54) is 6.07 Å². The van der Waals surface area contributed by atoms with E-state index in [0.717, 1.165) is 56.8 Å². The van der Waals surface area contributed by atoms with Gasteiger partial charge in [0.25, 0.3) is 0 Å². The number of nitrogens with zero attached hydrogens (tertiary/aromatic N) is 2. The second kappa shape index (κ2) is 12.9. The molecular weight excluding hydrogens is 460 g/mol. The average Bonchev–Trinajstić information content (AvgIpc) is 2.65. The zero-order valence-corrected chi connectivity index (χ0v) is 18.6.